The van der Waals surface area contributed by atoms with E-state index in [1.807, 2.05) is 6.07 Å². The largest absolute Gasteiger partial charge is 0.460 e. The summed E-state index contributed by atoms with van der Waals surface area (Å²) < 4.78 is 9.90. The summed E-state index contributed by atoms with van der Waals surface area (Å²) in [5.74, 6) is -1.06. The molecule has 0 bridgehead atoms. The van der Waals surface area contributed by atoms with Gasteiger partial charge >= 0.3 is 18.0 Å². The molecule has 0 aliphatic carbocycles. The van der Waals surface area contributed by atoms with Crippen LogP contribution < -0.4 is 10.6 Å². The molecular formula is C15H18N2O5. The molecule has 7 nitrogen and oxygen atoms in total. The lowest BCUT2D eigenvalue weighted by Gasteiger charge is -2.09. The number of hydrogen-bond donors (Lipinski definition) is 2. The van der Waals surface area contributed by atoms with Gasteiger partial charge in [-0.2, -0.15) is 0 Å². The number of urea groups is 1. The van der Waals surface area contributed by atoms with E-state index in [0.29, 0.717) is 12.1 Å². The SMILES string of the molecule is C[C@@H]1C[C@@H](OC(=O)CCNC(=O)Nc2ccccc2)C(=O)O1. The summed E-state index contributed by atoms with van der Waals surface area (Å²) in [5, 5.41) is 5.17. The molecule has 7 heteroatoms. The van der Waals surface area contributed by atoms with E-state index in [0.717, 1.165) is 0 Å². The number of ether oxygens (including phenoxy) is 2. The Bertz CT molecular complexity index is 546. The second kappa shape index (κ2) is 7.44. The van der Waals surface area contributed by atoms with Crippen LogP contribution in [-0.2, 0) is 19.1 Å². The number of para-hydroxylation sites is 1. The molecule has 1 saturated heterocycles. The van der Waals surface area contributed by atoms with Gasteiger partial charge in [0.15, 0.2) is 0 Å². The molecule has 1 aliphatic rings. The smallest absolute Gasteiger partial charge is 0.347 e. The Morgan fingerprint density at radius 1 is 1.32 bits per heavy atom. The standard InChI is InChI=1S/C15H18N2O5/c1-10-9-12(14(19)21-10)22-13(18)7-8-16-15(20)17-11-5-3-2-4-6-11/h2-6,10,12H,7-9H2,1H3,(H2,16,17,20)/t10-,12-/m1/s1. The van der Waals surface area contributed by atoms with Gasteiger partial charge < -0.3 is 20.1 Å². The van der Waals surface area contributed by atoms with Gasteiger partial charge in [-0.1, -0.05) is 18.2 Å². The molecule has 2 N–H and O–H groups in total. The number of rotatable bonds is 5. The maximum atomic E-state index is 11.6. The minimum absolute atomic E-state index is 0.0135. The zero-order valence-corrected chi connectivity index (χ0v) is 12.2. The fraction of sp³-hybridized carbons (Fsp3) is 0.400. The lowest BCUT2D eigenvalue weighted by molar-refractivity contribution is -0.160. The first-order chi connectivity index (χ1) is 10.5. The van der Waals surface area contributed by atoms with Gasteiger partial charge in [-0.3, -0.25) is 4.79 Å². The van der Waals surface area contributed by atoms with Crippen LogP contribution >= 0.6 is 0 Å². The summed E-state index contributed by atoms with van der Waals surface area (Å²) in [6.07, 6.45) is -0.715. The number of hydrogen-bond acceptors (Lipinski definition) is 5. The van der Waals surface area contributed by atoms with Crippen molar-refractivity contribution >= 4 is 23.7 Å². The van der Waals surface area contributed by atoms with Crippen molar-refractivity contribution in [1.82, 2.24) is 5.32 Å². The van der Waals surface area contributed by atoms with Crippen LogP contribution in [0.4, 0.5) is 10.5 Å². The lowest BCUT2D eigenvalue weighted by atomic mass is 10.2. The van der Waals surface area contributed by atoms with Crippen molar-refractivity contribution in [1.29, 1.82) is 0 Å². The maximum absolute atomic E-state index is 11.6. The molecule has 0 spiro atoms. The number of amides is 2. The van der Waals surface area contributed by atoms with Crippen LogP contribution in [0.15, 0.2) is 30.3 Å². The van der Waals surface area contributed by atoms with Gasteiger partial charge in [-0.15, -0.1) is 0 Å². The van der Waals surface area contributed by atoms with Gasteiger partial charge in [0.1, 0.15) is 6.10 Å². The fourth-order valence-corrected chi connectivity index (χ4v) is 2.01. The predicted molar refractivity (Wildman–Crippen MR) is 78.1 cm³/mol. The molecule has 2 amide bonds. The topological polar surface area (TPSA) is 93.7 Å². The highest BCUT2D eigenvalue weighted by Crippen LogP contribution is 2.17. The highest BCUT2D eigenvalue weighted by Gasteiger charge is 2.34. The summed E-state index contributed by atoms with van der Waals surface area (Å²) in [4.78, 5) is 34.5. The Morgan fingerprint density at radius 2 is 2.05 bits per heavy atom. The average Bonchev–Trinajstić information content (AvgIpc) is 2.77. The van der Waals surface area contributed by atoms with Crippen molar-refractivity contribution in [3.8, 4) is 0 Å². The number of carbonyl (C=O) groups excluding carboxylic acids is 3. The van der Waals surface area contributed by atoms with Gasteiger partial charge in [-0.05, 0) is 19.1 Å². The zero-order chi connectivity index (χ0) is 15.9. The third-order valence-electron chi connectivity index (χ3n) is 3.05. The highest BCUT2D eigenvalue weighted by atomic mass is 16.6. The average molecular weight is 306 g/mol. The summed E-state index contributed by atoms with van der Waals surface area (Å²) in [6, 6.07) is 8.53. The van der Waals surface area contributed by atoms with Gasteiger partial charge in [0.2, 0.25) is 6.10 Å². The zero-order valence-electron chi connectivity index (χ0n) is 12.2. The Kier molecular flexibility index (Phi) is 5.35. The van der Waals surface area contributed by atoms with E-state index in [9.17, 15) is 14.4 Å². The summed E-state index contributed by atoms with van der Waals surface area (Å²) in [5.41, 5.74) is 0.658. The van der Waals surface area contributed by atoms with Crippen LogP contribution in [-0.4, -0.2) is 36.7 Å². The number of esters is 2. The number of benzene rings is 1. The Balaban J connectivity index is 1.64. The summed E-state index contributed by atoms with van der Waals surface area (Å²) in [7, 11) is 0. The second-order valence-electron chi connectivity index (χ2n) is 4.96. The Morgan fingerprint density at radius 3 is 2.68 bits per heavy atom. The molecule has 1 aliphatic heterocycles. The van der Waals surface area contributed by atoms with Crippen molar-refractivity contribution < 1.29 is 23.9 Å². The van der Waals surface area contributed by atoms with Crippen molar-refractivity contribution in [2.24, 2.45) is 0 Å². The van der Waals surface area contributed by atoms with E-state index in [1.165, 1.54) is 0 Å². The van der Waals surface area contributed by atoms with E-state index < -0.39 is 24.1 Å². The highest BCUT2D eigenvalue weighted by molar-refractivity contribution is 5.89. The number of carbonyl (C=O) groups is 3. The molecule has 0 aromatic heterocycles. The first-order valence-corrected chi connectivity index (χ1v) is 7.04. The minimum Gasteiger partial charge on any atom is -0.460 e. The summed E-state index contributed by atoms with van der Waals surface area (Å²) >= 11 is 0. The van der Waals surface area contributed by atoms with Crippen LogP contribution in [0, 0.1) is 0 Å². The first-order valence-electron chi connectivity index (χ1n) is 7.04. The van der Waals surface area contributed by atoms with Crippen molar-refractivity contribution in [3.63, 3.8) is 0 Å². The molecule has 0 saturated carbocycles. The lowest BCUT2D eigenvalue weighted by Crippen LogP contribution is -2.32. The number of anilines is 1. The van der Waals surface area contributed by atoms with Crippen LogP contribution in [0.3, 0.4) is 0 Å². The molecule has 1 fully saturated rings. The van der Waals surface area contributed by atoms with Gasteiger partial charge in [0.05, 0.1) is 6.42 Å². The van der Waals surface area contributed by atoms with Crippen molar-refractivity contribution in [2.75, 3.05) is 11.9 Å². The molecule has 1 heterocycles. The molecule has 22 heavy (non-hydrogen) atoms. The molecule has 0 radical (unpaired) electrons. The van der Waals surface area contributed by atoms with Crippen molar-refractivity contribution in [3.05, 3.63) is 30.3 Å². The molecule has 118 valence electrons. The van der Waals surface area contributed by atoms with E-state index in [2.05, 4.69) is 10.6 Å². The van der Waals surface area contributed by atoms with Crippen LogP contribution in [0.1, 0.15) is 19.8 Å². The van der Waals surface area contributed by atoms with E-state index >= 15 is 0 Å². The number of cyclic esters (lactones) is 1. The van der Waals surface area contributed by atoms with Gasteiger partial charge in [0, 0.05) is 18.7 Å². The molecule has 1 aromatic rings. The molecule has 2 atom stereocenters. The normalized spacial score (nSPS) is 20.1. The molecular weight excluding hydrogens is 288 g/mol. The van der Waals surface area contributed by atoms with Gasteiger partial charge in [-0.25, -0.2) is 9.59 Å². The predicted octanol–water partition coefficient (Wildman–Crippen LogP) is 1.45. The van der Waals surface area contributed by atoms with Gasteiger partial charge in [0.25, 0.3) is 0 Å². The Hall–Kier alpha value is -2.57. The monoisotopic (exact) mass is 306 g/mol. The van der Waals surface area contributed by atoms with Crippen LogP contribution in [0.25, 0.3) is 0 Å². The molecule has 1 aromatic carbocycles. The van der Waals surface area contributed by atoms with E-state index in [4.69, 9.17) is 9.47 Å². The summed E-state index contributed by atoms with van der Waals surface area (Å²) in [6.45, 7) is 1.86. The third kappa shape index (κ3) is 4.76. The quantitative estimate of drug-likeness (QED) is 0.803. The minimum atomic E-state index is -0.833. The Labute approximate surface area is 128 Å². The second-order valence-corrected chi connectivity index (χ2v) is 4.96. The van der Waals surface area contributed by atoms with E-state index in [1.54, 1.807) is 31.2 Å². The van der Waals surface area contributed by atoms with E-state index in [-0.39, 0.29) is 19.1 Å². The van der Waals surface area contributed by atoms with Crippen molar-refractivity contribution in [2.45, 2.75) is 32.0 Å². The maximum Gasteiger partial charge on any atom is 0.347 e. The third-order valence-corrected chi connectivity index (χ3v) is 3.05. The van der Waals surface area contributed by atoms with Crippen LogP contribution in [0.5, 0.6) is 0 Å². The number of nitrogens with one attached hydrogen (secondary N) is 2. The molecule has 0 unspecified atom stereocenters. The molecule has 2 rings (SSSR count). The van der Waals surface area contributed by atoms with Crippen LogP contribution in [0.2, 0.25) is 0 Å². The first kappa shape index (κ1) is 15.8. The fourth-order valence-electron chi connectivity index (χ4n) is 2.01.